The highest BCUT2D eigenvalue weighted by Crippen LogP contribution is 2.23. The lowest BCUT2D eigenvalue weighted by Crippen LogP contribution is -2.48. The fraction of sp³-hybridized carbons (Fsp3) is 0.412. The number of halogens is 1. The van der Waals surface area contributed by atoms with Crippen LogP contribution in [0.15, 0.2) is 46.0 Å². The molecule has 0 unspecified atom stereocenters. The molecule has 1 aromatic carbocycles. The second kappa shape index (κ2) is 8.97. The van der Waals surface area contributed by atoms with Gasteiger partial charge < -0.3 is 5.32 Å². The molecule has 2 aromatic rings. The molecule has 154 valence electrons. The Morgan fingerprint density at radius 2 is 1.75 bits per heavy atom. The standard InChI is InChI=1S/C17H22FN3O4S3/c18-16-5-3-15(4-6-16)14-21(28(24,25)17-2-1-12-26-17)11-13-27(22,23)20-9-7-19-8-10-20/h1-6,12,19H,7-11,13-14H2. The van der Waals surface area contributed by atoms with E-state index >= 15 is 0 Å². The number of rotatable bonds is 8. The largest absolute Gasteiger partial charge is 0.314 e. The highest BCUT2D eigenvalue weighted by molar-refractivity contribution is 7.91. The molecule has 0 radical (unpaired) electrons. The molecule has 1 saturated heterocycles. The predicted octanol–water partition coefficient (Wildman–Crippen LogP) is 1.31. The molecule has 11 heteroatoms. The van der Waals surface area contributed by atoms with Crippen molar-refractivity contribution in [3.63, 3.8) is 0 Å². The third-order valence-electron chi connectivity index (χ3n) is 4.43. The Morgan fingerprint density at radius 1 is 1.07 bits per heavy atom. The molecule has 1 fully saturated rings. The molecular formula is C17H22FN3O4S3. The monoisotopic (exact) mass is 447 g/mol. The summed E-state index contributed by atoms with van der Waals surface area (Å²) < 4.78 is 67.1. The Hall–Kier alpha value is -1.37. The Kier molecular flexibility index (Phi) is 6.84. The Bertz CT molecular complexity index is 971. The van der Waals surface area contributed by atoms with Gasteiger partial charge >= 0.3 is 0 Å². The van der Waals surface area contributed by atoms with Gasteiger partial charge in [0, 0.05) is 39.3 Å². The summed E-state index contributed by atoms with van der Waals surface area (Å²) in [5.74, 6) is -0.726. The zero-order chi connectivity index (χ0) is 20.2. The quantitative estimate of drug-likeness (QED) is 0.660. The average molecular weight is 448 g/mol. The van der Waals surface area contributed by atoms with Crippen LogP contribution in [0.5, 0.6) is 0 Å². The molecule has 0 aliphatic carbocycles. The Labute approximate surface area is 168 Å². The van der Waals surface area contributed by atoms with Crippen LogP contribution in [0.25, 0.3) is 0 Å². The maximum atomic E-state index is 13.2. The molecule has 1 N–H and O–H groups in total. The van der Waals surface area contributed by atoms with E-state index in [-0.39, 0.29) is 23.1 Å². The fourth-order valence-corrected chi connectivity index (χ4v) is 7.02. The van der Waals surface area contributed by atoms with Crippen LogP contribution in [0.1, 0.15) is 5.56 Å². The van der Waals surface area contributed by atoms with Crippen molar-refractivity contribution in [3.05, 3.63) is 53.2 Å². The van der Waals surface area contributed by atoms with E-state index in [1.165, 1.54) is 34.6 Å². The van der Waals surface area contributed by atoms with Gasteiger partial charge in [-0.05, 0) is 29.1 Å². The Balaban J connectivity index is 1.80. The number of benzene rings is 1. The topological polar surface area (TPSA) is 86.8 Å². The maximum Gasteiger partial charge on any atom is 0.252 e. The summed E-state index contributed by atoms with van der Waals surface area (Å²) in [6.07, 6.45) is 0. The minimum absolute atomic E-state index is 0.0302. The van der Waals surface area contributed by atoms with Crippen molar-refractivity contribution >= 4 is 31.4 Å². The number of nitrogens with one attached hydrogen (secondary N) is 1. The van der Waals surface area contributed by atoms with Crippen molar-refractivity contribution in [2.24, 2.45) is 0 Å². The van der Waals surface area contributed by atoms with Gasteiger partial charge in [-0.3, -0.25) is 0 Å². The van der Waals surface area contributed by atoms with Gasteiger partial charge in [-0.15, -0.1) is 11.3 Å². The first-order valence-electron chi connectivity index (χ1n) is 8.76. The molecule has 7 nitrogen and oxygen atoms in total. The van der Waals surface area contributed by atoms with Crippen LogP contribution in [-0.4, -0.2) is 63.9 Å². The van der Waals surface area contributed by atoms with E-state index < -0.39 is 25.9 Å². The van der Waals surface area contributed by atoms with Crippen LogP contribution in [-0.2, 0) is 26.6 Å². The summed E-state index contributed by atoms with van der Waals surface area (Å²) in [5.41, 5.74) is 0.584. The third kappa shape index (κ3) is 5.16. The number of sulfonamides is 2. The molecular weight excluding hydrogens is 425 g/mol. The summed E-state index contributed by atoms with van der Waals surface area (Å²) in [5, 5.41) is 4.74. The molecule has 1 aliphatic heterocycles. The lowest BCUT2D eigenvalue weighted by Gasteiger charge is -2.28. The van der Waals surface area contributed by atoms with Crippen molar-refractivity contribution < 1.29 is 21.2 Å². The molecule has 0 saturated carbocycles. The number of nitrogens with zero attached hydrogens (tertiary/aromatic N) is 2. The normalized spacial score (nSPS) is 16.5. The van der Waals surface area contributed by atoms with Crippen LogP contribution in [0.4, 0.5) is 4.39 Å². The smallest absolute Gasteiger partial charge is 0.252 e. The van der Waals surface area contributed by atoms with Crippen molar-refractivity contribution in [1.82, 2.24) is 13.9 Å². The molecule has 0 bridgehead atoms. The van der Waals surface area contributed by atoms with E-state index in [1.54, 1.807) is 11.4 Å². The molecule has 0 atom stereocenters. The van der Waals surface area contributed by atoms with Crippen LogP contribution in [0.3, 0.4) is 0 Å². The predicted molar refractivity (Wildman–Crippen MR) is 107 cm³/mol. The number of thiophene rings is 1. The SMILES string of the molecule is O=S(=O)(CCN(Cc1ccc(F)cc1)S(=O)(=O)c1cccs1)N1CCNCC1. The van der Waals surface area contributed by atoms with Gasteiger partial charge in [0.25, 0.3) is 10.0 Å². The van der Waals surface area contributed by atoms with E-state index in [0.29, 0.717) is 31.7 Å². The number of hydrogen-bond donors (Lipinski definition) is 1. The van der Waals surface area contributed by atoms with E-state index in [2.05, 4.69) is 5.32 Å². The molecule has 2 heterocycles. The highest BCUT2D eigenvalue weighted by atomic mass is 32.2. The number of hydrogen-bond acceptors (Lipinski definition) is 6. The van der Waals surface area contributed by atoms with Gasteiger partial charge in [0.2, 0.25) is 10.0 Å². The number of piperazine rings is 1. The molecule has 28 heavy (non-hydrogen) atoms. The van der Waals surface area contributed by atoms with Crippen molar-refractivity contribution in [1.29, 1.82) is 0 Å². The first-order valence-corrected chi connectivity index (χ1v) is 12.7. The van der Waals surface area contributed by atoms with E-state index in [1.807, 2.05) is 0 Å². The van der Waals surface area contributed by atoms with Gasteiger partial charge in [-0.2, -0.15) is 8.61 Å². The molecule has 1 aromatic heterocycles. The first kappa shape index (κ1) is 21.3. The van der Waals surface area contributed by atoms with Crippen LogP contribution in [0.2, 0.25) is 0 Å². The van der Waals surface area contributed by atoms with E-state index in [0.717, 1.165) is 15.6 Å². The van der Waals surface area contributed by atoms with Gasteiger partial charge in [-0.1, -0.05) is 18.2 Å². The zero-order valence-corrected chi connectivity index (χ0v) is 17.6. The van der Waals surface area contributed by atoms with E-state index in [4.69, 9.17) is 0 Å². The average Bonchev–Trinajstić information content (AvgIpc) is 3.23. The minimum Gasteiger partial charge on any atom is -0.314 e. The van der Waals surface area contributed by atoms with Gasteiger partial charge in [-0.25, -0.2) is 21.2 Å². The van der Waals surface area contributed by atoms with Crippen LogP contribution < -0.4 is 5.32 Å². The van der Waals surface area contributed by atoms with Crippen LogP contribution >= 0.6 is 11.3 Å². The fourth-order valence-electron chi connectivity index (χ4n) is 2.88. The minimum atomic E-state index is -3.86. The molecule has 0 amide bonds. The lowest BCUT2D eigenvalue weighted by molar-refractivity contribution is 0.355. The van der Waals surface area contributed by atoms with Gasteiger partial charge in [0.15, 0.2) is 0 Å². The van der Waals surface area contributed by atoms with Crippen molar-refractivity contribution in [2.45, 2.75) is 10.8 Å². The van der Waals surface area contributed by atoms with Crippen LogP contribution in [0, 0.1) is 5.82 Å². The highest BCUT2D eigenvalue weighted by Gasteiger charge is 2.30. The van der Waals surface area contributed by atoms with Crippen molar-refractivity contribution in [2.75, 3.05) is 38.5 Å². The van der Waals surface area contributed by atoms with Gasteiger partial charge in [0.1, 0.15) is 10.0 Å². The second-order valence-corrected chi connectivity index (χ2v) is 11.6. The first-order chi connectivity index (χ1) is 13.3. The van der Waals surface area contributed by atoms with E-state index in [9.17, 15) is 21.2 Å². The zero-order valence-electron chi connectivity index (χ0n) is 15.1. The molecule has 3 rings (SSSR count). The third-order valence-corrected chi connectivity index (χ3v) is 9.50. The summed E-state index contributed by atoms with van der Waals surface area (Å²) in [6.45, 7) is 1.69. The second-order valence-electron chi connectivity index (χ2n) is 6.36. The Morgan fingerprint density at radius 3 is 2.36 bits per heavy atom. The summed E-state index contributed by atoms with van der Waals surface area (Å²) in [6, 6.07) is 8.62. The summed E-state index contributed by atoms with van der Waals surface area (Å²) in [4.78, 5) is 0. The van der Waals surface area contributed by atoms with Gasteiger partial charge in [0.05, 0.1) is 5.75 Å². The van der Waals surface area contributed by atoms with Crippen molar-refractivity contribution in [3.8, 4) is 0 Å². The molecule has 0 spiro atoms. The molecule has 1 aliphatic rings. The lowest BCUT2D eigenvalue weighted by atomic mass is 10.2. The maximum absolute atomic E-state index is 13.2. The summed E-state index contributed by atoms with van der Waals surface area (Å²) >= 11 is 1.07. The summed E-state index contributed by atoms with van der Waals surface area (Å²) in [7, 11) is -7.43.